The smallest absolute Gasteiger partial charge is 0.313 e. The van der Waals surface area contributed by atoms with Gasteiger partial charge in [-0.25, -0.2) is 0 Å². The number of furan rings is 1. The van der Waals surface area contributed by atoms with Gasteiger partial charge in [-0.05, 0) is 49.2 Å². The number of anilines is 1. The first-order valence-electron chi connectivity index (χ1n) is 8.43. The Kier molecular flexibility index (Phi) is 6.71. The molecular formula is C20H20N4O4. The second-order valence-electron chi connectivity index (χ2n) is 5.99. The van der Waals surface area contributed by atoms with Gasteiger partial charge in [0.25, 0.3) is 5.91 Å². The van der Waals surface area contributed by atoms with Crippen molar-refractivity contribution in [3.8, 4) is 6.07 Å². The summed E-state index contributed by atoms with van der Waals surface area (Å²) in [6.07, 6.45) is 1.29. The standard InChI is InChI=1S/C20H20N4O4/c1-12-4-5-15(8-13(12)2)24-20(27)19(26)23-11-17-7-6-16(28-17)9-14(10-21)18(25)22-3/h4-9H,11H2,1-3H3,(H,22,25)(H,23,26)(H,24,27)/b14-9-. The SMILES string of the molecule is CNC(=O)/C(C#N)=C\c1ccc(CNC(=O)C(=O)Nc2ccc(C)c(C)c2)o1. The summed E-state index contributed by atoms with van der Waals surface area (Å²) in [5.41, 5.74) is 2.51. The average Bonchev–Trinajstić information content (AvgIpc) is 3.13. The molecule has 8 heteroatoms. The molecular weight excluding hydrogens is 360 g/mol. The van der Waals surface area contributed by atoms with Crippen molar-refractivity contribution < 1.29 is 18.8 Å². The Morgan fingerprint density at radius 1 is 1.07 bits per heavy atom. The lowest BCUT2D eigenvalue weighted by molar-refractivity contribution is -0.136. The highest BCUT2D eigenvalue weighted by Crippen LogP contribution is 2.14. The summed E-state index contributed by atoms with van der Waals surface area (Å²) in [5, 5.41) is 16.3. The van der Waals surface area contributed by atoms with Crippen LogP contribution in [0.25, 0.3) is 6.08 Å². The maximum Gasteiger partial charge on any atom is 0.313 e. The van der Waals surface area contributed by atoms with E-state index >= 15 is 0 Å². The van der Waals surface area contributed by atoms with Gasteiger partial charge in [-0.15, -0.1) is 0 Å². The van der Waals surface area contributed by atoms with E-state index in [1.54, 1.807) is 30.3 Å². The average molecular weight is 380 g/mol. The number of hydrogen-bond acceptors (Lipinski definition) is 5. The predicted octanol–water partition coefficient (Wildman–Crippen LogP) is 1.80. The third-order valence-corrected chi connectivity index (χ3v) is 3.96. The van der Waals surface area contributed by atoms with Crippen LogP contribution in [0.5, 0.6) is 0 Å². The second-order valence-corrected chi connectivity index (χ2v) is 5.99. The normalized spacial score (nSPS) is 10.7. The number of aryl methyl sites for hydroxylation is 2. The molecule has 0 aliphatic carbocycles. The Morgan fingerprint density at radius 3 is 2.46 bits per heavy atom. The number of hydrogen-bond donors (Lipinski definition) is 3. The monoisotopic (exact) mass is 380 g/mol. The van der Waals surface area contributed by atoms with Gasteiger partial charge in [0.15, 0.2) is 0 Å². The Bertz CT molecular complexity index is 982. The molecule has 2 aromatic rings. The molecule has 1 aromatic heterocycles. The zero-order valence-electron chi connectivity index (χ0n) is 15.8. The van der Waals surface area contributed by atoms with Crippen LogP contribution in [0.1, 0.15) is 22.6 Å². The topological polar surface area (TPSA) is 124 Å². The molecule has 0 saturated carbocycles. The summed E-state index contributed by atoms with van der Waals surface area (Å²) in [4.78, 5) is 35.4. The fourth-order valence-corrected chi connectivity index (χ4v) is 2.25. The van der Waals surface area contributed by atoms with Crippen LogP contribution in [0.15, 0.2) is 40.3 Å². The third-order valence-electron chi connectivity index (χ3n) is 3.96. The van der Waals surface area contributed by atoms with Crippen molar-refractivity contribution in [3.63, 3.8) is 0 Å². The molecule has 0 radical (unpaired) electrons. The van der Waals surface area contributed by atoms with Crippen LogP contribution < -0.4 is 16.0 Å². The quantitative estimate of drug-likeness (QED) is 0.414. The Hall–Kier alpha value is -3.86. The van der Waals surface area contributed by atoms with Gasteiger partial charge >= 0.3 is 11.8 Å². The Morgan fingerprint density at radius 2 is 1.82 bits per heavy atom. The van der Waals surface area contributed by atoms with Crippen molar-refractivity contribution in [2.45, 2.75) is 20.4 Å². The van der Waals surface area contributed by atoms with Crippen molar-refractivity contribution in [2.75, 3.05) is 12.4 Å². The highest BCUT2D eigenvalue weighted by atomic mass is 16.3. The van der Waals surface area contributed by atoms with Crippen molar-refractivity contribution in [2.24, 2.45) is 0 Å². The molecule has 28 heavy (non-hydrogen) atoms. The lowest BCUT2D eigenvalue weighted by atomic mass is 10.1. The number of nitrogens with zero attached hydrogens (tertiary/aromatic N) is 1. The van der Waals surface area contributed by atoms with Crippen LogP contribution in [0.2, 0.25) is 0 Å². The lowest BCUT2D eigenvalue weighted by Crippen LogP contribution is -2.34. The molecule has 8 nitrogen and oxygen atoms in total. The van der Waals surface area contributed by atoms with E-state index in [4.69, 9.17) is 9.68 Å². The number of amides is 3. The molecule has 3 amide bonds. The molecule has 0 spiro atoms. The van der Waals surface area contributed by atoms with Gasteiger partial charge in [-0.2, -0.15) is 5.26 Å². The Labute approximate surface area is 162 Å². The summed E-state index contributed by atoms with van der Waals surface area (Å²) in [5.74, 6) is -1.48. The van der Waals surface area contributed by atoms with Crippen LogP contribution in [0.3, 0.4) is 0 Å². The number of nitrogens with one attached hydrogen (secondary N) is 3. The fraction of sp³-hybridized carbons (Fsp3) is 0.200. The van der Waals surface area contributed by atoms with Gasteiger partial charge in [0.2, 0.25) is 0 Å². The summed E-state index contributed by atoms with van der Waals surface area (Å²) in [6, 6.07) is 10.3. The van der Waals surface area contributed by atoms with Crippen LogP contribution >= 0.6 is 0 Å². The van der Waals surface area contributed by atoms with E-state index in [2.05, 4.69) is 16.0 Å². The van der Waals surface area contributed by atoms with E-state index < -0.39 is 17.7 Å². The maximum absolute atomic E-state index is 12.0. The van der Waals surface area contributed by atoms with E-state index in [0.717, 1.165) is 11.1 Å². The van der Waals surface area contributed by atoms with E-state index in [9.17, 15) is 14.4 Å². The number of carbonyl (C=O) groups is 3. The van der Waals surface area contributed by atoms with E-state index in [0.29, 0.717) is 11.4 Å². The molecule has 0 saturated heterocycles. The minimum Gasteiger partial charge on any atom is -0.460 e. The number of carbonyl (C=O) groups excluding carboxylic acids is 3. The molecule has 0 fully saturated rings. The van der Waals surface area contributed by atoms with E-state index in [-0.39, 0.29) is 17.9 Å². The molecule has 0 aliphatic rings. The first-order chi connectivity index (χ1) is 13.3. The minimum absolute atomic E-state index is 0.0190. The summed E-state index contributed by atoms with van der Waals surface area (Å²) >= 11 is 0. The fourth-order valence-electron chi connectivity index (χ4n) is 2.25. The minimum atomic E-state index is -0.810. The second kappa shape index (κ2) is 9.19. The highest BCUT2D eigenvalue weighted by Gasteiger charge is 2.15. The Balaban J connectivity index is 1.94. The molecule has 1 heterocycles. The van der Waals surface area contributed by atoms with E-state index in [1.165, 1.54) is 13.1 Å². The molecule has 0 unspecified atom stereocenters. The first-order valence-corrected chi connectivity index (χ1v) is 8.43. The van der Waals surface area contributed by atoms with Gasteiger partial charge < -0.3 is 20.4 Å². The van der Waals surface area contributed by atoms with Crippen LogP contribution in [-0.4, -0.2) is 24.8 Å². The van der Waals surface area contributed by atoms with Crippen molar-refractivity contribution in [1.29, 1.82) is 5.26 Å². The van der Waals surface area contributed by atoms with Crippen LogP contribution in [0.4, 0.5) is 5.69 Å². The maximum atomic E-state index is 12.0. The molecule has 3 N–H and O–H groups in total. The van der Waals surface area contributed by atoms with Gasteiger partial charge in [0.1, 0.15) is 23.2 Å². The highest BCUT2D eigenvalue weighted by molar-refractivity contribution is 6.39. The molecule has 2 rings (SSSR count). The molecule has 0 atom stereocenters. The number of nitriles is 1. The summed E-state index contributed by atoms with van der Waals surface area (Å²) in [7, 11) is 1.42. The van der Waals surface area contributed by atoms with Gasteiger partial charge in [-0.3, -0.25) is 14.4 Å². The summed E-state index contributed by atoms with van der Waals surface area (Å²) in [6.45, 7) is 3.85. The molecule has 144 valence electrons. The first kappa shape index (κ1) is 20.5. The van der Waals surface area contributed by atoms with Crippen molar-refractivity contribution >= 4 is 29.5 Å². The third kappa shape index (κ3) is 5.32. The molecule has 0 aliphatic heterocycles. The lowest BCUT2D eigenvalue weighted by Gasteiger charge is -2.07. The van der Waals surface area contributed by atoms with Gasteiger partial charge in [0.05, 0.1) is 6.54 Å². The molecule has 0 bridgehead atoms. The number of likely N-dealkylation sites (N-methyl/N-ethyl adjacent to an activating group) is 1. The van der Waals surface area contributed by atoms with Crippen molar-refractivity contribution in [3.05, 3.63) is 58.6 Å². The summed E-state index contributed by atoms with van der Waals surface area (Å²) < 4.78 is 5.43. The van der Waals surface area contributed by atoms with Crippen LogP contribution in [-0.2, 0) is 20.9 Å². The number of benzene rings is 1. The van der Waals surface area contributed by atoms with Gasteiger partial charge in [0, 0.05) is 18.8 Å². The zero-order valence-corrected chi connectivity index (χ0v) is 15.8. The zero-order chi connectivity index (χ0) is 20.7. The largest absolute Gasteiger partial charge is 0.460 e. The number of rotatable bonds is 5. The van der Waals surface area contributed by atoms with Crippen molar-refractivity contribution in [1.82, 2.24) is 10.6 Å². The van der Waals surface area contributed by atoms with Gasteiger partial charge in [-0.1, -0.05) is 6.07 Å². The predicted molar refractivity (Wildman–Crippen MR) is 103 cm³/mol. The molecule has 1 aromatic carbocycles. The van der Waals surface area contributed by atoms with E-state index in [1.807, 2.05) is 19.9 Å². The van der Waals surface area contributed by atoms with Crippen LogP contribution in [0, 0.1) is 25.2 Å².